The number of aromatic nitrogens is 3. The lowest BCUT2D eigenvalue weighted by Gasteiger charge is -2.15. The highest BCUT2D eigenvalue weighted by Gasteiger charge is 2.23. The summed E-state index contributed by atoms with van der Waals surface area (Å²) in [6.45, 7) is 1.85. The molecule has 1 atom stereocenters. The Balaban J connectivity index is 1.43. The molecule has 192 valence electrons. The second kappa shape index (κ2) is 12.0. The van der Waals surface area contributed by atoms with Crippen molar-refractivity contribution in [2.45, 2.75) is 18.2 Å². The van der Waals surface area contributed by atoms with Crippen LogP contribution in [0, 0.1) is 0 Å². The minimum atomic E-state index is -0.542. The molecule has 1 amide bonds. The number of thioether (sulfide) groups is 1. The van der Waals surface area contributed by atoms with Gasteiger partial charge in [-0.3, -0.25) is 4.79 Å². The average molecular weight is 578 g/mol. The number of hydrogen-bond donors (Lipinski definition) is 1. The molecule has 12 heteroatoms. The van der Waals surface area contributed by atoms with E-state index in [2.05, 4.69) is 15.5 Å². The van der Waals surface area contributed by atoms with Crippen molar-refractivity contribution in [2.24, 2.45) is 7.05 Å². The zero-order valence-corrected chi connectivity index (χ0v) is 23.2. The molecule has 0 saturated heterocycles. The fourth-order valence-corrected chi connectivity index (χ4v) is 5.48. The SMILES string of the molecule is COC(=O)c1c(-c2ccc(Cl)cc2)csc1NC(=O)CSc1nnc(C(C)Oc2ccccc2Cl)n1C. The summed E-state index contributed by atoms with van der Waals surface area (Å²) in [5, 5.41) is 15.1. The first kappa shape index (κ1) is 27.0. The van der Waals surface area contributed by atoms with Crippen molar-refractivity contribution in [2.75, 3.05) is 18.2 Å². The number of benzene rings is 2. The lowest BCUT2D eigenvalue weighted by Crippen LogP contribution is -2.16. The number of hydrogen-bond acceptors (Lipinski definition) is 8. The quantitative estimate of drug-likeness (QED) is 0.179. The van der Waals surface area contributed by atoms with Gasteiger partial charge in [0, 0.05) is 23.0 Å². The Hall–Kier alpha value is -3.05. The molecule has 0 fully saturated rings. The Morgan fingerprint density at radius 1 is 1.14 bits per heavy atom. The van der Waals surface area contributed by atoms with Gasteiger partial charge in [-0.05, 0) is 36.8 Å². The van der Waals surface area contributed by atoms with Gasteiger partial charge in [-0.25, -0.2) is 4.79 Å². The van der Waals surface area contributed by atoms with E-state index >= 15 is 0 Å². The number of halogens is 2. The van der Waals surface area contributed by atoms with Gasteiger partial charge in [0.05, 0.1) is 17.9 Å². The molecule has 0 radical (unpaired) electrons. The first-order valence-corrected chi connectivity index (χ1v) is 13.6. The van der Waals surface area contributed by atoms with E-state index < -0.39 is 12.1 Å². The minimum Gasteiger partial charge on any atom is -0.481 e. The van der Waals surface area contributed by atoms with Crippen LogP contribution in [0.3, 0.4) is 0 Å². The summed E-state index contributed by atoms with van der Waals surface area (Å²) in [5.74, 6) is 0.343. The molecule has 0 saturated carbocycles. The molecule has 0 aliphatic heterocycles. The third-order valence-corrected chi connectivity index (χ3v) is 7.77. The van der Waals surface area contributed by atoms with Crippen molar-refractivity contribution in [3.05, 3.63) is 75.3 Å². The van der Waals surface area contributed by atoms with E-state index in [-0.39, 0.29) is 11.7 Å². The number of nitrogens with one attached hydrogen (secondary N) is 1. The molecule has 37 heavy (non-hydrogen) atoms. The van der Waals surface area contributed by atoms with Gasteiger partial charge in [-0.1, -0.05) is 59.2 Å². The topological polar surface area (TPSA) is 95.3 Å². The molecule has 8 nitrogen and oxygen atoms in total. The standard InChI is InChI=1S/C25H22Cl2N4O4S2/c1-14(35-19-7-5-4-6-18(19)27)22-29-30-25(31(22)2)37-13-20(32)28-23-21(24(33)34-3)17(12-36-23)15-8-10-16(26)11-9-15/h4-12,14H,13H2,1-3H3,(H,28,32). The van der Waals surface area contributed by atoms with Gasteiger partial charge in [-0.15, -0.1) is 21.5 Å². The maximum atomic E-state index is 12.8. The summed E-state index contributed by atoms with van der Waals surface area (Å²) in [7, 11) is 3.10. The van der Waals surface area contributed by atoms with Crippen LogP contribution in [-0.2, 0) is 16.6 Å². The summed E-state index contributed by atoms with van der Waals surface area (Å²) in [6, 6.07) is 14.3. The molecule has 0 aliphatic carbocycles. The third-order valence-electron chi connectivity index (χ3n) is 5.29. The first-order valence-electron chi connectivity index (χ1n) is 11.0. The number of amides is 1. The highest BCUT2D eigenvalue weighted by molar-refractivity contribution is 7.99. The first-order chi connectivity index (χ1) is 17.8. The monoisotopic (exact) mass is 576 g/mol. The van der Waals surface area contributed by atoms with Crippen molar-refractivity contribution < 1.29 is 19.1 Å². The Morgan fingerprint density at radius 3 is 2.57 bits per heavy atom. The van der Waals surface area contributed by atoms with Gasteiger partial charge < -0.3 is 19.4 Å². The number of nitrogens with zero attached hydrogens (tertiary/aromatic N) is 3. The number of anilines is 1. The molecule has 2 heterocycles. The van der Waals surface area contributed by atoms with Crippen LogP contribution in [0.4, 0.5) is 5.00 Å². The molecular formula is C25H22Cl2N4O4S2. The maximum absolute atomic E-state index is 12.8. The van der Waals surface area contributed by atoms with Gasteiger partial charge in [-0.2, -0.15) is 0 Å². The fraction of sp³-hybridized carbons (Fsp3) is 0.200. The molecule has 2 aromatic carbocycles. The van der Waals surface area contributed by atoms with Crippen LogP contribution in [0.2, 0.25) is 10.0 Å². The van der Waals surface area contributed by atoms with E-state index in [0.717, 1.165) is 5.56 Å². The normalized spacial score (nSPS) is 11.7. The lowest BCUT2D eigenvalue weighted by atomic mass is 10.0. The fourth-order valence-electron chi connectivity index (χ4n) is 3.48. The summed E-state index contributed by atoms with van der Waals surface area (Å²) < 4.78 is 12.7. The third kappa shape index (κ3) is 6.27. The van der Waals surface area contributed by atoms with E-state index in [1.165, 1.54) is 30.2 Å². The molecule has 0 spiro atoms. The number of esters is 1. The van der Waals surface area contributed by atoms with E-state index in [4.69, 9.17) is 32.7 Å². The van der Waals surface area contributed by atoms with Crippen LogP contribution >= 0.6 is 46.3 Å². The summed E-state index contributed by atoms with van der Waals surface area (Å²) >= 11 is 14.6. The summed E-state index contributed by atoms with van der Waals surface area (Å²) in [5.41, 5.74) is 1.73. The second-order valence-corrected chi connectivity index (χ2v) is 10.4. The van der Waals surface area contributed by atoms with Crippen LogP contribution in [0.5, 0.6) is 5.75 Å². The predicted octanol–water partition coefficient (Wildman–Crippen LogP) is 6.51. The molecule has 1 N–H and O–H groups in total. The van der Waals surface area contributed by atoms with Gasteiger partial charge in [0.2, 0.25) is 5.91 Å². The van der Waals surface area contributed by atoms with Crippen molar-refractivity contribution in [1.29, 1.82) is 0 Å². The molecule has 4 rings (SSSR count). The van der Waals surface area contributed by atoms with Gasteiger partial charge in [0.25, 0.3) is 0 Å². The zero-order chi connectivity index (χ0) is 26.5. The van der Waals surface area contributed by atoms with E-state index in [9.17, 15) is 9.59 Å². The number of ether oxygens (including phenoxy) is 2. The van der Waals surface area contributed by atoms with Crippen LogP contribution < -0.4 is 10.1 Å². The number of methoxy groups -OCH3 is 1. The van der Waals surface area contributed by atoms with Crippen LogP contribution in [0.15, 0.2) is 59.1 Å². The predicted molar refractivity (Wildman–Crippen MR) is 147 cm³/mol. The number of rotatable bonds is 9. The second-order valence-electron chi connectivity index (χ2n) is 7.78. The van der Waals surface area contributed by atoms with E-state index in [0.29, 0.717) is 42.9 Å². The average Bonchev–Trinajstić information content (AvgIpc) is 3.47. The zero-order valence-electron chi connectivity index (χ0n) is 20.0. The van der Waals surface area contributed by atoms with E-state index in [1.54, 1.807) is 53.4 Å². The number of carbonyl (C=O) groups is 2. The molecule has 1 unspecified atom stereocenters. The van der Waals surface area contributed by atoms with Crippen molar-refractivity contribution in [3.63, 3.8) is 0 Å². The Morgan fingerprint density at radius 2 is 1.86 bits per heavy atom. The molecule has 0 aliphatic rings. The number of para-hydroxylation sites is 1. The van der Waals surface area contributed by atoms with Crippen molar-refractivity contribution in [3.8, 4) is 16.9 Å². The Labute approximate surface area is 231 Å². The number of carbonyl (C=O) groups excluding carboxylic acids is 2. The highest BCUT2D eigenvalue weighted by Crippen LogP contribution is 2.37. The van der Waals surface area contributed by atoms with Crippen molar-refractivity contribution >= 4 is 63.2 Å². The van der Waals surface area contributed by atoms with Crippen molar-refractivity contribution in [1.82, 2.24) is 14.8 Å². The van der Waals surface area contributed by atoms with Gasteiger partial charge in [0.1, 0.15) is 16.3 Å². The van der Waals surface area contributed by atoms with E-state index in [1.807, 2.05) is 19.1 Å². The van der Waals surface area contributed by atoms with Crippen LogP contribution in [0.1, 0.15) is 29.2 Å². The summed E-state index contributed by atoms with van der Waals surface area (Å²) in [4.78, 5) is 25.3. The van der Waals surface area contributed by atoms with Gasteiger partial charge in [0.15, 0.2) is 17.1 Å². The highest BCUT2D eigenvalue weighted by atomic mass is 35.5. The smallest absolute Gasteiger partial charge is 0.341 e. The van der Waals surface area contributed by atoms with Gasteiger partial charge >= 0.3 is 5.97 Å². The Kier molecular flexibility index (Phi) is 8.75. The molecular weight excluding hydrogens is 555 g/mol. The maximum Gasteiger partial charge on any atom is 0.341 e. The minimum absolute atomic E-state index is 0.0561. The Bertz CT molecular complexity index is 1420. The van der Waals surface area contributed by atoms with Crippen LogP contribution in [0.25, 0.3) is 11.1 Å². The summed E-state index contributed by atoms with van der Waals surface area (Å²) in [6.07, 6.45) is -0.416. The largest absolute Gasteiger partial charge is 0.481 e. The number of thiophene rings is 1. The lowest BCUT2D eigenvalue weighted by molar-refractivity contribution is -0.113. The molecule has 0 bridgehead atoms. The van der Waals surface area contributed by atoms with Crippen LogP contribution in [-0.4, -0.2) is 39.5 Å². The molecule has 2 aromatic heterocycles. The molecule has 4 aromatic rings.